The number of carboxylic acids is 1. The van der Waals surface area contributed by atoms with Crippen molar-refractivity contribution in [2.75, 3.05) is 27.3 Å². The van der Waals surface area contributed by atoms with Crippen molar-refractivity contribution >= 4 is 5.97 Å². The summed E-state index contributed by atoms with van der Waals surface area (Å²) in [5.74, 6) is 0.328. The van der Waals surface area contributed by atoms with Gasteiger partial charge in [-0.2, -0.15) is 0 Å². The molecule has 1 aromatic heterocycles. The summed E-state index contributed by atoms with van der Waals surface area (Å²) >= 11 is 0. The largest absolute Gasteiger partial charge is 0.497 e. The number of methoxy groups -OCH3 is 2. The van der Waals surface area contributed by atoms with Gasteiger partial charge in [-0.05, 0) is 49.6 Å². The number of aliphatic carboxylic acids is 1. The van der Waals surface area contributed by atoms with Gasteiger partial charge in [-0.25, -0.2) is 0 Å². The quantitative estimate of drug-likeness (QED) is 0.787. The molecular weight excluding hydrogens is 356 g/mol. The van der Waals surface area contributed by atoms with Crippen LogP contribution in [-0.2, 0) is 11.2 Å². The summed E-state index contributed by atoms with van der Waals surface area (Å²) in [4.78, 5) is 18.5. The predicted octanol–water partition coefficient (Wildman–Crippen LogP) is 3.55. The Hall–Kier alpha value is -2.60. The van der Waals surface area contributed by atoms with E-state index < -0.39 is 5.97 Å². The first-order valence-electron chi connectivity index (χ1n) is 9.71. The van der Waals surface area contributed by atoms with Gasteiger partial charge in [0.05, 0.1) is 31.9 Å². The summed E-state index contributed by atoms with van der Waals surface area (Å²) < 4.78 is 11.0. The van der Waals surface area contributed by atoms with Crippen molar-refractivity contribution in [2.45, 2.75) is 32.2 Å². The number of hydrogen-bond acceptors (Lipinski definition) is 5. The molecule has 1 aromatic carbocycles. The number of likely N-dealkylation sites (tertiary alicyclic amines) is 1. The highest BCUT2D eigenvalue weighted by Crippen LogP contribution is 2.38. The SMILES string of the molecule is CCc1ccc(C(c2ccc(OC)cc2OC)N2CCCC(C(=O)O)C2)nc1. The molecule has 0 amide bonds. The van der Waals surface area contributed by atoms with Crippen LogP contribution < -0.4 is 9.47 Å². The number of carbonyl (C=O) groups is 1. The van der Waals surface area contributed by atoms with Gasteiger partial charge < -0.3 is 14.6 Å². The summed E-state index contributed by atoms with van der Waals surface area (Å²) in [6.45, 7) is 3.41. The molecule has 1 aliphatic rings. The van der Waals surface area contributed by atoms with E-state index in [1.54, 1.807) is 14.2 Å². The number of piperidine rings is 1. The highest BCUT2D eigenvalue weighted by molar-refractivity contribution is 5.70. The molecule has 28 heavy (non-hydrogen) atoms. The highest BCUT2D eigenvalue weighted by Gasteiger charge is 2.33. The van der Waals surface area contributed by atoms with E-state index in [1.807, 2.05) is 30.5 Å². The van der Waals surface area contributed by atoms with Crippen molar-refractivity contribution in [3.63, 3.8) is 0 Å². The van der Waals surface area contributed by atoms with Crippen LogP contribution >= 0.6 is 0 Å². The fourth-order valence-electron chi connectivity index (χ4n) is 3.84. The van der Waals surface area contributed by atoms with E-state index in [0.717, 1.165) is 36.4 Å². The van der Waals surface area contributed by atoms with Gasteiger partial charge in [0, 0.05) is 24.4 Å². The predicted molar refractivity (Wildman–Crippen MR) is 107 cm³/mol. The van der Waals surface area contributed by atoms with Gasteiger partial charge in [-0.15, -0.1) is 0 Å². The Morgan fingerprint density at radius 2 is 2.11 bits per heavy atom. The molecule has 2 unspecified atom stereocenters. The first-order chi connectivity index (χ1) is 13.6. The molecule has 0 saturated carbocycles. The van der Waals surface area contributed by atoms with Crippen molar-refractivity contribution in [1.82, 2.24) is 9.88 Å². The Labute approximate surface area is 166 Å². The summed E-state index contributed by atoms with van der Waals surface area (Å²) in [5, 5.41) is 9.53. The molecule has 2 heterocycles. The van der Waals surface area contributed by atoms with E-state index in [-0.39, 0.29) is 12.0 Å². The third kappa shape index (κ3) is 4.28. The van der Waals surface area contributed by atoms with Crippen LogP contribution in [0.4, 0.5) is 0 Å². The average Bonchev–Trinajstić information content (AvgIpc) is 2.74. The number of benzene rings is 1. The van der Waals surface area contributed by atoms with E-state index in [2.05, 4.69) is 17.9 Å². The third-order valence-electron chi connectivity index (χ3n) is 5.44. The first kappa shape index (κ1) is 20.1. The minimum absolute atomic E-state index is 0.172. The summed E-state index contributed by atoms with van der Waals surface area (Å²) in [6, 6.07) is 9.71. The zero-order chi connectivity index (χ0) is 20.1. The monoisotopic (exact) mass is 384 g/mol. The van der Waals surface area contributed by atoms with Gasteiger partial charge in [0.2, 0.25) is 0 Å². The molecule has 150 valence electrons. The lowest BCUT2D eigenvalue weighted by Gasteiger charge is -2.37. The zero-order valence-electron chi connectivity index (χ0n) is 16.7. The van der Waals surface area contributed by atoms with Crippen molar-refractivity contribution in [3.05, 3.63) is 53.3 Å². The lowest BCUT2D eigenvalue weighted by molar-refractivity contribution is -0.143. The molecule has 1 fully saturated rings. The van der Waals surface area contributed by atoms with Gasteiger partial charge in [0.25, 0.3) is 0 Å². The van der Waals surface area contributed by atoms with E-state index in [9.17, 15) is 9.90 Å². The van der Waals surface area contributed by atoms with Crippen LogP contribution in [0.1, 0.15) is 42.6 Å². The second-order valence-electron chi connectivity index (χ2n) is 7.13. The maximum Gasteiger partial charge on any atom is 0.307 e. The van der Waals surface area contributed by atoms with Gasteiger partial charge in [0.1, 0.15) is 11.5 Å². The van der Waals surface area contributed by atoms with Crippen LogP contribution in [0.5, 0.6) is 11.5 Å². The molecule has 6 heteroatoms. The molecule has 2 aromatic rings. The number of rotatable bonds is 7. The molecule has 1 aliphatic heterocycles. The van der Waals surface area contributed by atoms with E-state index in [0.29, 0.717) is 18.7 Å². The molecule has 1 saturated heterocycles. The third-order valence-corrected chi connectivity index (χ3v) is 5.44. The summed E-state index contributed by atoms with van der Waals surface area (Å²) in [6.07, 6.45) is 4.38. The van der Waals surface area contributed by atoms with Crippen LogP contribution in [0.15, 0.2) is 36.5 Å². The molecule has 0 spiro atoms. The Morgan fingerprint density at radius 3 is 2.71 bits per heavy atom. The Balaban J connectivity index is 2.05. The van der Waals surface area contributed by atoms with Crippen molar-refractivity contribution < 1.29 is 19.4 Å². The molecule has 3 rings (SSSR count). The average molecular weight is 384 g/mol. The summed E-state index contributed by atoms with van der Waals surface area (Å²) in [7, 11) is 3.26. The minimum atomic E-state index is -0.737. The molecule has 0 radical (unpaired) electrons. The van der Waals surface area contributed by atoms with Crippen LogP contribution in [-0.4, -0.2) is 48.3 Å². The van der Waals surface area contributed by atoms with Gasteiger partial charge >= 0.3 is 5.97 Å². The number of pyridine rings is 1. The molecule has 2 atom stereocenters. The van der Waals surface area contributed by atoms with Crippen LogP contribution in [0.3, 0.4) is 0 Å². The fraction of sp³-hybridized carbons (Fsp3) is 0.455. The number of aromatic nitrogens is 1. The highest BCUT2D eigenvalue weighted by atomic mass is 16.5. The van der Waals surface area contributed by atoms with Crippen molar-refractivity contribution in [2.24, 2.45) is 5.92 Å². The zero-order valence-corrected chi connectivity index (χ0v) is 16.7. The van der Waals surface area contributed by atoms with E-state index in [1.165, 1.54) is 5.56 Å². The number of ether oxygens (including phenoxy) is 2. The smallest absolute Gasteiger partial charge is 0.307 e. The van der Waals surface area contributed by atoms with Crippen molar-refractivity contribution in [1.29, 1.82) is 0 Å². The Kier molecular flexibility index (Phi) is 6.52. The number of aryl methyl sites for hydroxylation is 1. The number of hydrogen-bond donors (Lipinski definition) is 1. The van der Waals surface area contributed by atoms with Crippen molar-refractivity contribution in [3.8, 4) is 11.5 Å². The lowest BCUT2D eigenvalue weighted by Crippen LogP contribution is -2.41. The number of carboxylic acid groups (broad SMARTS) is 1. The standard InChI is InChI=1S/C22H28N2O4/c1-4-15-7-10-19(23-13-15)21(24-11-5-6-16(14-24)22(25)26)18-9-8-17(27-2)12-20(18)28-3/h7-10,12-13,16,21H,4-6,11,14H2,1-3H3,(H,25,26). The second kappa shape index (κ2) is 9.06. The Morgan fingerprint density at radius 1 is 1.29 bits per heavy atom. The van der Waals surface area contributed by atoms with Gasteiger partial charge in [-0.1, -0.05) is 13.0 Å². The van der Waals surface area contributed by atoms with Crippen LogP contribution in [0, 0.1) is 5.92 Å². The van der Waals surface area contributed by atoms with E-state index >= 15 is 0 Å². The molecule has 1 N–H and O–H groups in total. The van der Waals surface area contributed by atoms with E-state index in [4.69, 9.17) is 14.5 Å². The first-order valence-corrected chi connectivity index (χ1v) is 9.71. The Bertz CT molecular complexity index is 807. The van der Waals surface area contributed by atoms with Crippen LogP contribution in [0.25, 0.3) is 0 Å². The normalized spacial score (nSPS) is 18.5. The summed E-state index contributed by atoms with van der Waals surface area (Å²) in [5.41, 5.74) is 3.03. The van der Waals surface area contributed by atoms with Gasteiger partial charge in [0.15, 0.2) is 0 Å². The van der Waals surface area contributed by atoms with Crippen LogP contribution in [0.2, 0.25) is 0 Å². The van der Waals surface area contributed by atoms with Gasteiger partial charge in [-0.3, -0.25) is 14.7 Å². The second-order valence-corrected chi connectivity index (χ2v) is 7.13. The molecule has 0 aliphatic carbocycles. The topological polar surface area (TPSA) is 71.9 Å². The molecule has 6 nitrogen and oxygen atoms in total. The number of nitrogens with zero attached hydrogens (tertiary/aromatic N) is 2. The lowest BCUT2D eigenvalue weighted by atomic mass is 9.92. The molecular formula is C22H28N2O4. The maximum atomic E-state index is 11.6. The fourth-order valence-corrected chi connectivity index (χ4v) is 3.84. The minimum Gasteiger partial charge on any atom is -0.497 e. The maximum absolute atomic E-state index is 11.6. The molecule has 0 bridgehead atoms.